The Morgan fingerprint density at radius 3 is 2.44 bits per heavy atom. The summed E-state index contributed by atoms with van der Waals surface area (Å²) in [7, 11) is 0. The second kappa shape index (κ2) is 8.10. The first-order chi connectivity index (χ1) is 11.5. The van der Waals surface area contributed by atoms with Crippen LogP contribution in [-0.2, 0) is 11.3 Å². The lowest BCUT2D eigenvalue weighted by Crippen LogP contribution is -2.56. The molecule has 2 aliphatic rings. The van der Waals surface area contributed by atoms with Crippen LogP contribution in [0.5, 0.6) is 0 Å². The summed E-state index contributed by atoms with van der Waals surface area (Å²) in [6, 6.07) is 1.52. The van der Waals surface area contributed by atoms with Gasteiger partial charge in [0, 0.05) is 18.9 Å². The van der Waals surface area contributed by atoms with Crippen LogP contribution in [0.25, 0.3) is 0 Å². The van der Waals surface area contributed by atoms with Crippen LogP contribution in [0.2, 0.25) is 0 Å². The van der Waals surface area contributed by atoms with Gasteiger partial charge in [-0.15, -0.1) is 12.4 Å². The van der Waals surface area contributed by atoms with E-state index in [0.29, 0.717) is 31.1 Å². The standard InChI is InChI=1S/C17H25N5O2.ClH/c1-13(2)4-11-22-16(24)21(12-14-19-7-3-8-20-14)15(23)17(22)5-9-18-10-6-17;/h3,7-8,13,18H,4-6,9-12H2,1-2H3;1H. The van der Waals surface area contributed by atoms with E-state index in [1.54, 1.807) is 23.4 Å². The van der Waals surface area contributed by atoms with Gasteiger partial charge in [-0.1, -0.05) is 13.8 Å². The van der Waals surface area contributed by atoms with E-state index in [1.165, 1.54) is 4.90 Å². The van der Waals surface area contributed by atoms with Gasteiger partial charge >= 0.3 is 6.03 Å². The number of aromatic nitrogens is 2. The van der Waals surface area contributed by atoms with E-state index in [9.17, 15) is 9.59 Å². The van der Waals surface area contributed by atoms with Crippen molar-refractivity contribution in [2.24, 2.45) is 5.92 Å². The molecule has 1 spiro atoms. The normalized spacial score (nSPS) is 19.6. The number of carbonyl (C=O) groups excluding carboxylic acids is 2. The molecule has 1 aromatic rings. The van der Waals surface area contributed by atoms with Gasteiger partial charge in [0.15, 0.2) is 0 Å². The first-order valence-electron chi connectivity index (χ1n) is 8.65. The SMILES string of the molecule is CC(C)CCN1C(=O)N(Cc2ncccn2)C(=O)C12CCNCC2.Cl. The van der Waals surface area contributed by atoms with Crippen molar-refractivity contribution < 1.29 is 9.59 Å². The number of urea groups is 1. The van der Waals surface area contributed by atoms with Crippen molar-refractivity contribution >= 4 is 24.3 Å². The molecule has 0 bridgehead atoms. The third-order valence-corrected chi connectivity index (χ3v) is 4.90. The van der Waals surface area contributed by atoms with Crippen molar-refractivity contribution in [3.63, 3.8) is 0 Å². The minimum Gasteiger partial charge on any atom is -0.317 e. The Hall–Kier alpha value is -1.73. The number of nitrogens with zero attached hydrogens (tertiary/aromatic N) is 4. The largest absolute Gasteiger partial charge is 0.328 e. The molecule has 7 nitrogen and oxygen atoms in total. The van der Waals surface area contributed by atoms with Crippen molar-refractivity contribution in [1.29, 1.82) is 0 Å². The zero-order valence-corrected chi connectivity index (χ0v) is 15.6. The summed E-state index contributed by atoms with van der Waals surface area (Å²) >= 11 is 0. The van der Waals surface area contributed by atoms with Crippen molar-refractivity contribution in [2.75, 3.05) is 19.6 Å². The smallest absolute Gasteiger partial charge is 0.317 e. The molecule has 0 aliphatic carbocycles. The quantitative estimate of drug-likeness (QED) is 0.803. The highest BCUT2D eigenvalue weighted by Gasteiger charge is 2.57. The monoisotopic (exact) mass is 367 g/mol. The van der Waals surface area contributed by atoms with Gasteiger partial charge in [0.05, 0.1) is 6.54 Å². The highest BCUT2D eigenvalue weighted by atomic mass is 35.5. The van der Waals surface area contributed by atoms with E-state index in [1.807, 2.05) is 0 Å². The summed E-state index contributed by atoms with van der Waals surface area (Å²) in [5, 5.41) is 3.29. The third-order valence-electron chi connectivity index (χ3n) is 4.90. The Kier molecular flexibility index (Phi) is 6.35. The molecule has 138 valence electrons. The molecule has 2 aliphatic heterocycles. The van der Waals surface area contributed by atoms with Gasteiger partial charge in [0.1, 0.15) is 11.4 Å². The van der Waals surface area contributed by atoms with Crippen LogP contribution < -0.4 is 5.32 Å². The number of nitrogens with one attached hydrogen (secondary N) is 1. The van der Waals surface area contributed by atoms with Gasteiger partial charge in [-0.25, -0.2) is 14.8 Å². The predicted octanol–water partition coefficient (Wildman–Crippen LogP) is 1.83. The first kappa shape index (κ1) is 19.6. The van der Waals surface area contributed by atoms with Gasteiger partial charge < -0.3 is 10.2 Å². The number of hydrogen-bond acceptors (Lipinski definition) is 5. The van der Waals surface area contributed by atoms with Crippen LogP contribution in [0.4, 0.5) is 4.79 Å². The molecule has 2 saturated heterocycles. The molecule has 2 fully saturated rings. The summed E-state index contributed by atoms with van der Waals surface area (Å²) < 4.78 is 0. The van der Waals surface area contributed by atoms with Crippen LogP contribution in [0.15, 0.2) is 18.5 Å². The Balaban J connectivity index is 0.00000225. The number of imide groups is 1. The van der Waals surface area contributed by atoms with Crippen LogP contribution in [-0.4, -0.2) is 56.9 Å². The Labute approximate surface area is 154 Å². The van der Waals surface area contributed by atoms with E-state index >= 15 is 0 Å². The first-order valence-corrected chi connectivity index (χ1v) is 8.65. The lowest BCUT2D eigenvalue weighted by atomic mass is 9.86. The number of rotatable bonds is 5. The maximum Gasteiger partial charge on any atom is 0.328 e. The fraction of sp³-hybridized carbons (Fsp3) is 0.647. The average molecular weight is 368 g/mol. The molecule has 0 atom stereocenters. The molecular formula is C17H26ClN5O2. The minimum absolute atomic E-state index is 0. The van der Waals surface area contributed by atoms with Crippen molar-refractivity contribution in [1.82, 2.24) is 25.1 Å². The molecule has 8 heteroatoms. The molecular weight excluding hydrogens is 342 g/mol. The van der Waals surface area contributed by atoms with E-state index in [4.69, 9.17) is 0 Å². The van der Waals surface area contributed by atoms with Gasteiger partial charge in [0.2, 0.25) is 0 Å². The molecule has 0 aromatic carbocycles. The van der Waals surface area contributed by atoms with E-state index in [0.717, 1.165) is 19.5 Å². The number of piperidine rings is 1. The van der Waals surface area contributed by atoms with Gasteiger partial charge in [-0.3, -0.25) is 9.69 Å². The summed E-state index contributed by atoms with van der Waals surface area (Å²) in [6.45, 7) is 6.54. The highest BCUT2D eigenvalue weighted by Crippen LogP contribution is 2.36. The molecule has 25 heavy (non-hydrogen) atoms. The van der Waals surface area contributed by atoms with E-state index in [2.05, 4.69) is 29.1 Å². The van der Waals surface area contributed by atoms with Gasteiger partial charge in [0.25, 0.3) is 5.91 Å². The van der Waals surface area contributed by atoms with Crippen LogP contribution in [0, 0.1) is 5.92 Å². The number of carbonyl (C=O) groups is 2. The second-order valence-electron chi connectivity index (χ2n) is 6.95. The average Bonchev–Trinajstić information content (AvgIpc) is 2.76. The van der Waals surface area contributed by atoms with Gasteiger partial charge in [-0.05, 0) is 44.3 Å². The Bertz CT molecular complexity index is 604. The fourth-order valence-corrected chi connectivity index (χ4v) is 3.50. The van der Waals surface area contributed by atoms with E-state index in [-0.39, 0.29) is 30.9 Å². The summed E-state index contributed by atoms with van der Waals surface area (Å²) in [6.07, 6.45) is 5.49. The molecule has 0 saturated carbocycles. The van der Waals surface area contributed by atoms with Gasteiger partial charge in [-0.2, -0.15) is 0 Å². The zero-order chi connectivity index (χ0) is 17.2. The molecule has 1 aromatic heterocycles. The molecule has 0 unspecified atom stereocenters. The van der Waals surface area contributed by atoms with Crippen molar-refractivity contribution in [3.8, 4) is 0 Å². The molecule has 3 amide bonds. The van der Waals surface area contributed by atoms with Crippen LogP contribution in [0.1, 0.15) is 38.9 Å². The van der Waals surface area contributed by atoms with Crippen LogP contribution in [0.3, 0.4) is 0 Å². The maximum atomic E-state index is 13.1. The van der Waals surface area contributed by atoms with Crippen molar-refractivity contribution in [3.05, 3.63) is 24.3 Å². The maximum absolute atomic E-state index is 13.1. The lowest BCUT2D eigenvalue weighted by molar-refractivity contribution is -0.135. The summed E-state index contributed by atoms with van der Waals surface area (Å²) in [4.78, 5) is 37.5. The molecule has 1 N–H and O–H groups in total. The zero-order valence-electron chi connectivity index (χ0n) is 14.8. The predicted molar refractivity (Wildman–Crippen MR) is 96.2 cm³/mol. The lowest BCUT2D eigenvalue weighted by Gasteiger charge is -2.38. The number of hydrogen-bond donors (Lipinski definition) is 1. The molecule has 3 heterocycles. The topological polar surface area (TPSA) is 78.4 Å². The highest BCUT2D eigenvalue weighted by molar-refractivity contribution is 6.07. The third kappa shape index (κ3) is 3.77. The minimum atomic E-state index is -0.688. The number of amides is 3. The summed E-state index contributed by atoms with van der Waals surface area (Å²) in [5.74, 6) is 0.886. The molecule has 0 radical (unpaired) electrons. The van der Waals surface area contributed by atoms with Crippen molar-refractivity contribution in [2.45, 2.75) is 45.2 Å². The van der Waals surface area contributed by atoms with E-state index < -0.39 is 5.54 Å². The second-order valence-corrected chi connectivity index (χ2v) is 6.95. The molecule has 3 rings (SSSR count). The fourth-order valence-electron chi connectivity index (χ4n) is 3.50. The van der Waals surface area contributed by atoms with Crippen LogP contribution >= 0.6 is 12.4 Å². The number of halogens is 1. The Morgan fingerprint density at radius 2 is 1.84 bits per heavy atom. The summed E-state index contributed by atoms with van der Waals surface area (Å²) in [5.41, 5.74) is -0.688. The Morgan fingerprint density at radius 1 is 1.20 bits per heavy atom.